The van der Waals surface area contributed by atoms with E-state index in [1.165, 1.54) is 11.3 Å². The zero-order chi connectivity index (χ0) is 9.80. The molecule has 0 spiro atoms. The number of nitrogens with zero attached hydrogens (tertiary/aromatic N) is 1. The molecule has 0 saturated heterocycles. The highest BCUT2D eigenvalue weighted by Crippen LogP contribution is 2.27. The third kappa shape index (κ3) is 1.99. The standard InChI is InChI=1S/C11H12N2S/c1-2-7-12-11-13-10-6-4-3-5-9(10)8-14-11/h2-6H,1,7-8H2,(H,12,13). The van der Waals surface area contributed by atoms with Crippen molar-refractivity contribution < 1.29 is 0 Å². The second-order valence-corrected chi connectivity index (χ2v) is 3.97. The third-order valence-electron chi connectivity index (χ3n) is 1.99. The number of hydrogen-bond donors (Lipinski definition) is 1. The van der Waals surface area contributed by atoms with Crippen LogP contribution in [0.5, 0.6) is 0 Å². The van der Waals surface area contributed by atoms with Crippen molar-refractivity contribution in [3.05, 3.63) is 42.5 Å². The van der Waals surface area contributed by atoms with Crippen molar-refractivity contribution in [2.45, 2.75) is 5.75 Å². The summed E-state index contributed by atoms with van der Waals surface area (Å²) < 4.78 is 0. The number of para-hydroxylation sites is 1. The minimum absolute atomic E-state index is 0.678. The van der Waals surface area contributed by atoms with E-state index in [-0.39, 0.29) is 0 Å². The number of anilines is 1. The van der Waals surface area contributed by atoms with Gasteiger partial charge in [0.05, 0.1) is 6.54 Å². The van der Waals surface area contributed by atoms with Crippen molar-refractivity contribution in [1.29, 1.82) is 0 Å². The fraction of sp³-hybridized carbons (Fsp3) is 0.182. The molecular weight excluding hydrogens is 192 g/mol. The maximum atomic E-state index is 4.35. The first-order chi connectivity index (χ1) is 6.90. The van der Waals surface area contributed by atoms with E-state index >= 15 is 0 Å². The molecule has 0 atom stereocenters. The Bertz CT molecular complexity index is 371. The number of rotatable bonds is 2. The fourth-order valence-corrected chi connectivity index (χ4v) is 2.19. The highest BCUT2D eigenvalue weighted by atomic mass is 32.2. The maximum Gasteiger partial charge on any atom is 0.161 e. The molecule has 0 radical (unpaired) electrons. The number of benzene rings is 1. The summed E-state index contributed by atoms with van der Waals surface area (Å²) in [7, 11) is 0. The van der Waals surface area contributed by atoms with Crippen molar-refractivity contribution in [1.82, 2.24) is 0 Å². The van der Waals surface area contributed by atoms with Gasteiger partial charge in [-0.05, 0) is 11.6 Å². The Morgan fingerprint density at radius 2 is 2.36 bits per heavy atom. The van der Waals surface area contributed by atoms with Crippen molar-refractivity contribution in [2.24, 2.45) is 4.99 Å². The van der Waals surface area contributed by atoms with Gasteiger partial charge in [-0.1, -0.05) is 36.0 Å². The third-order valence-corrected chi connectivity index (χ3v) is 2.95. The van der Waals surface area contributed by atoms with Crippen LogP contribution in [0.3, 0.4) is 0 Å². The minimum atomic E-state index is 0.678. The van der Waals surface area contributed by atoms with Crippen LogP contribution in [0, 0.1) is 0 Å². The Hall–Kier alpha value is -1.22. The molecule has 0 amide bonds. The molecule has 3 heteroatoms. The lowest BCUT2D eigenvalue weighted by atomic mass is 10.2. The summed E-state index contributed by atoms with van der Waals surface area (Å²) >= 11 is 1.74. The van der Waals surface area contributed by atoms with E-state index in [4.69, 9.17) is 0 Å². The molecule has 2 nitrogen and oxygen atoms in total. The van der Waals surface area contributed by atoms with Gasteiger partial charge in [0.15, 0.2) is 5.17 Å². The number of amidine groups is 1. The number of hydrogen-bond acceptors (Lipinski definition) is 2. The van der Waals surface area contributed by atoms with Crippen LogP contribution in [-0.2, 0) is 5.75 Å². The van der Waals surface area contributed by atoms with Gasteiger partial charge in [0.2, 0.25) is 0 Å². The highest BCUT2D eigenvalue weighted by Gasteiger charge is 2.11. The summed E-state index contributed by atoms with van der Waals surface area (Å²) in [6, 6.07) is 8.32. The highest BCUT2D eigenvalue weighted by molar-refractivity contribution is 8.13. The Balaban J connectivity index is 2.17. The lowest BCUT2D eigenvalue weighted by Gasteiger charge is -2.18. The Morgan fingerprint density at radius 1 is 1.50 bits per heavy atom. The molecule has 0 unspecified atom stereocenters. The molecule has 72 valence electrons. The molecule has 0 aliphatic carbocycles. The molecule has 0 aromatic heterocycles. The Kier molecular flexibility index (Phi) is 2.89. The minimum Gasteiger partial charge on any atom is -0.335 e. The van der Waals surface area contributed by atoms with Crippen LogP contribution in [0.1, 0.15) is 5.56 Å². The number of nitrogens with one attached hydrogen (secondary N) is 1. The molecule has 1 aromatic carbocycles. The molecular formula is C11H12N2S. The smallest absolute Gasteiger partial charge is 0.161 e. The van der Waals surface area contributed by atoms with E-state index in [9.17, 15) is 0 Å². The molecule has 1 N–H and O–H groups in total. The first kappa shape index (κ1) is 9.34. The summed E-state index contributed by atoms with van der Waals surface area (Å²) in [6.45, 7) is 4.32. The summed E-state index contributed by atoms with van der Waals surface area (Å²) in [5, 5.41) is 4.29. The van der Waals surface area contributed by atoms with Crippen molar-refractivity contribution >= 4 is 22.6 Å². The first-order valence-electron chi connectivity index (χ1n) is 4.53. The molecule has 1 aromatic rings. The zero-order valence-electron chi connectivity index (χ0n) is 7.86. The number of aliphatic imine (C=N–C) groups is 1. The molecule has 0 saturated carbocycles. The van der Waals surface area contributed by atoms with E-state index in [1.54, 1.807) is 17.8 Å². The summed E-state index contributed by atoms with van der Waals surface area (Å²) in [4.78, 5) is 4.35. The van der Waals surface area contributed by atoms with Gasteiger partial charge in [0.1, 0.15) is 0 Å². The molecule has 1 heterocycles. The van der Waals surface area contributed by atoms with Crippen molar-refractivity contribution in [2.75, 3.05) is 11.9 Å². The monoisotopic (exact) mass is 204 g/mol. The Morgan fingerprint density at radius 3 is 3.21 bits per heavy atom. The molecule has 1 aliphatic rings. The second kappa shape index (κ2) is 4.33. The van der Waals surface area contributed by atoms with Gasteiger partial charge in [0, 0.05) is 11.4 Å². The fourth-order valence-electron chi connectivity index (χ4n) is 1.30. The van der Waals surface area contributed by atoms with Gasteiger partial charge in [-0.2, -0.15) is 0 Å². The SMILES string of the molecule is C=CCN=C1Nc2ccccc2CS1. The van der Waals surface area contributed by atoms with Gasteiger partial charge in [-0.15, -0.1) is 6.58 Å². The lowest BCUT2D eigenvalue weighted by Crippen LogP contribution is -2.14. The van der Waals surface area contributed by atoms with Crippen LogP contribution in [-0.4, -0.2) is 11.7 Å². The van der Waals surface area contributed by atoms with Crippen LogP contribution >= 0.6 is 11.8 Å². The van der Waals surface area contributed by atoms with Gasteiger partial charge in [0.25, 0.3) is 0 Å². The van der Waals surface area contributed by atoms with Crippen LogP contribution in [0.25, 0.3) is 0 Å². The van der Waals surface area contributed by atoms with Gasteiger partial charge >= 0.3 is 0 Å². The van der Waals surface area contributed by atoms with Crippen LogP contribution in [0.4, 0.5) is 5.69 Å². The van der Waals surface area contributed by atoms with Gasteiger partial charge in [-0.25, -0.2) is 0 Å². The van der Waals surface area contributed by atoms with Crippen molar-refractivity contribution in [3.63, 3.8) is 0 Å². The normalized spacial score (nSPS) is 17.3. The largest absolute Gasteiger partial charge is 0.335 e. The average molecular weight is 204 g/mol. The van der Waals surface area contributed by atoms with Crippen molar-refractivity contribution in [3.8, 4) is 0 Å². The molecule has 1 aliphatic heterocycles. The zero-order valence-corrected chi connectivity index (χ0v) is 8.68. The van der Waals surface area contributed by atoms with Crippen LogP contribution in [0.2, 0.25) is 0 Å². The topological polar surface area (TPSA) is 24.4 Å². The summed E-state index contributed by atoms with van der Waals surface area (Å²) in [6.07, 6.45) is 1.80. The summed E-state index contributed by atoms with van der Waals surface area (Å²) in [5.41, 5.74) is 2.52. The predicted molar refractivity (Wildman–Crippen MR) is 63.9 cm³/mol. The average Bonchev–Trinajstić information content (AvgIpc) is 2.26. The lowest BCUT2D eigenvalue weighted by molar-refractivity contribution is 1.25. The summed E-state index contributed by atoms with van der Waals surface area (Å²) in [5.74, 6) is 0.999. The molecule has 0 bridgehead atoms. The Labute approximate surface area is 88.1 Å². The quantitative estimate of drug-likeness (QED) is 0.749. The number of thioether (sulfide) groups is 1. The van der Waals surface area contributed by atoms with Crippen LogP contribution < -0.4 is 5.32 Å². The number of fused-ring (bicyclic) bond motifs is 1. The van der Waals surface area contributed by atoms with Gasteiger partial charge in [-0.3, -0.25) is 4.99 Å². The van der Waals surface area contributed by atoms with Gasteiger partial charge < -0.3 is 5.32 Å². The molecule has 2 rings (SSSR count). The first-order valence-corrected chi connectivity index (χ1v) is 5.52. The van der Waals surface area contributed by atoms with E-state index < -0.39 is 0 Å². The predicted octanol–water partition coefficient (Wildman–Crippen LogP) is 2.89. The van der Waals surface area contributed by atoms with E-state index in [0.29, 0.717) is 6.54 Å². The molecule has 14 heavy (non-hydrogen) atoms. The van der Waals surface area contributed by atoms with E-state index in [1.807, 2.05) is 6.07 Å². The van der Waals surface area contributed by atoms with E-state index in [0.717, 1.165) is 10.9 Å². The van der Waals surface area contributed by atoms with E-state index in [2.05, 4.69) is 35.1 Å². The second-order valence-electron chi connectivity index (χ2n) is 3.01. The maximum absolute atomic E-state index is 4.35. The van der Waals surface area contributed by atoms with Crippen LogP contribution in [0.15, 0.2) is 41.9 Å². The molecule has 0 fully saturated rings.